The number of nitrogens with zero attached hydrogens (tertiary/aromatic N) is 4. The summed E-state index contributed by atoms with van der Waals surface area (Å²) >= 11 is 0. The van der Waals surface area contributed by atoms with Gasteiger partial charge in [-0.1, -0.05) is 6.42 Å². The van der Waals surface area contributed by atoms with E-state index in [-0.39, 0.29) is 17.3 Å². The zero-order valence-electron chi connectivity index (χ0n) is 18.5. The summed E-state index contributed by atoms with van der Waals surface area (Å²) in [6, 6.07) is 8.93. The lowest BCUT2D eigenvalue weighted by atomic mass is 10.1. The fraction of sp³-hybridized carbons (Fsp3) is 0.500. The lowest BCUT2D eigenvalue weighted by molar-refractivity contribution is 0.227. The zero-order chi connectivity index (χ0) is 22.4. The number of sulfonamides is 1. The van der Waals surface area contributed by atoms with Crippen LogP contribution in [-0.2, 0) is 10.0 Å². The Morgan fingerprint density at radius 2 is 1.85 bits per heavy atom. The van der Waals surface area contributed by atoms with Crippen LogP contribution in [0.25, 0.3) is 0 Å². The van der Waals surface area contributed by atoms with E-state index in [0.717, 1.165) is 38.9 Å². The van der Waals surface area contributed by atoms with Gasteiger partial charge in [-0.15, -0.1) is 12.4 Å². The third kappa shape index (κ3) is 7.27. The molecule has 2 aliphatic rings. The van der Waals surface area contributed by atoms with E-state index in [0.29, 0.717) is 35.6 Å². The van der Waals surface area contributed by atoms with Crippen LogP contribution in [0, 0.1) is 11.3 Å². The number of piperidine rings is 1. The van der Waals surface area contributed by atoms with E-state index in [2.05, 4.69) is 36.3 Å². The molecule has 0 radical (unpaired) electrons. The van der Waals surface area contributed by atoms with E-state index in [1.165, 1.54) is 25.5 Å². The molecule has 0 spiro atoms. The van der Waals surface area contributed by atoms with Crippen molar-refractivity contribution in [2.45, 2.75) is 49.5 Å². The average Bonchev–Trinajstić information content (AvgIpc) is 3.62. The molecule has 3 N–H and O–H groups in total. The fourth-order valence-electron chi connectivity index (χ4n) is 3.68. The van der Waals surface area contributed by atoms with Gasteiger partial charge in [0.25, 0.3) is 0 Å². The molecule has 0 bridgehead atoms. The Hall–Kier alpha value is -2.45. The fourth-order valence-corrected chi connectivity index (χ4v) is 4.75. The molecule has 2 fully saturated rings. The first-order chi connectivity index (χ1) is 15.5. The van der Waals surface area contributed by atoms with Crippen molar-refractivity contribution < 1.29 is 8.42 Å². The van der Waals surface area contributed by atoms with E-state index in [1.807, 2.05) is 0 Å². The molecule has 1 aliphatic heterocycles. The Morgan fingerprint density at radius 1 is 1.12 bits per heavy atom. The number of hydrogen-bond donors (Lipinski definition) is 3. The van der Waals surface area contributed by atoms with Crippen LogP contribution in [-0.4, -0.2) is 55.5 Å². The van der Waals surface area contributed by atoms with Gasteiger partial charge in [0.2, 0.25) is 16.0 Å². The van der Waals surface area contributed by atoms with Crippen molar-refractivity contribution >= 4 is 39.9 Å². The molecule has 33 heavy (non-hydrogen) atoms. The van der Waals surface area contributed by atoms with Crippen LogP contribution in [0.1, 0.15) is 44.1 Å². The minimum absolute atomic E-state index is 0. The van der Waals surface area contributed by atoms with E-state index in [4.69, 9.17) is 0 Å². The summed E-state index contributed by atoms with van der Waals surface area (Å²) in [5.74, 6) is 0.860. The van der Waals surface area contributed by atoms with Gasteiger partial charge in [-0.25, -0.2) is 18.1 Å². The quantitative estimate of drug-likeness (QED) is 0.433. The second kappa shape index (κ2) is 11.6. The smallest absolute Gasteiger partial charge is 0.240 e. The zero-order valence-corrected chi connectivity index (χ0v) is 20.1. The molecule has 1 aliphatic carbocycles. The molecule has 9 nitrogen and oxygen atoms in total. The molecular formula is C22H30ClN7O2S. The van der Waals surface area contributed by atoms with E-state index < -0.39 is 10.0 Å². The van der Waals surface area contributed by atoms with Crippen molar-refractivity contribution in [3.63, 3.8) is 0 Å². The summed E-state index contributed by atoms with van der Waals surface area (Å²) in [5.41, 5.74) is 1.06. The predicted octanol–water partition coefficient (Wildman–Crippen LogP) is 3.24. The molecule has 11 heteroatoms. The molecule has 0 atom stereocenters. The van der Waals surface area contributed by atoms with Crippen LogP contribution in [0.15, 0.2) is 35.4 Å². The monoisotopic (exact) mass is 491 g/mol. The Balaban J connectivity index is 0.00000306. The standard InChI is InChI=1S/C22H29N7O2S.ClH/c23-15-17-16-24-22(28-21(17)26-18-5-6-18)27-19-7-9-20(10-8-19)32(30,31)25-11-4-14-29-12-2-1-3-13-29;/h7-10,16,18,25H,1-6,11-14H2,(H2,24,26,27,28);1H. The average molecular weight is 492 g/mol. The van der Waals surface area contributed by atoms with Gasteiger partial charge in [0, 0.05) is 18.3 Å². The minimum Gasteiger partial charge on any atom is -0.366 e. The third-order valence-electron chi connectivity index (χ3n) is 5.64. The summed E-state index contributed by atoms with van der Waals surface area (Å²) in [6.07, 6.45) is 8.18. The Bertz CT molecular complexity index is 1060. The first-order valence-electron chi connectivity index (χ1n) is 11.2. The highest BCUT2D eigenvalue weighted by atomic mass is 35.5. The molecule has 1 aromatic carbocycles. The number of nitriles is 1. The highest BCUT2D eigenvalue weighted by Crippen LogP contribution is 2.26. The maximum atomic E-state index is 12.6. The van der Waals surface area contributed by atoms with Crippen molar-refractivity contribution in [3.05, 3.63) is 36.0 Å². The van der Waals surface area contributed by atoms with Crippen molar-refractivity contribution in [2.24, 2.45) is 0 Å². The van der Waals surface area contributed by atoms with Gasteiger partial charge < -0.3 is 15.5 Å². The van der Waals surface area contributed by atoms with Crippen LogP contribution >= 0.6 is 12.4 Å². The summed E-state index contributed by atoms with van der Waals surface area (Å²) in [7, 11) is -3.55. The van der Waals surface area contributed by atoms with Crippen molar-refractivity contribution in [3.8, 4) is 6.07 Å². The molecule has 4 rings (SSSR count). The van der Waals surface area contributed by atoms with Crippen molar-refractivity contribution in [1.82, 2.24) is 19.6 Å². The molecule has 1 aromatic heterocycles. The van der Waals surface area contributed by atoms with Gasteiger partial charge in [-0.3, -0.25) is 0 Å². The van der Waals surface area contributed by atoms with Crippen LogP contribution in [0.5, 0.6) is 0 Å². The van der Waals surface area contributed by atoms with Gasteiger partial charge in [0.15, 0.2) is 0 Å². The number of benzene rings is 1. The minimum atomic E-state index is -3.55. The number of aromatic nitrogens is 2. The largest absolute Gasteiger partial charge is 0.366 e. The highest BCUT2D eigenvalue weighted by Gasteiger charge is 2.23. The van der Waals surface area contributed by atoms with Gasteiger partial charge in [-0.2, -0.15) is 10.2 Å². The van der Waals surface area contributed by atoms with E-state index in [9.17, 15) is 13.7 Å². The molecule has 0 unspecified atom stereocenters. The predicted molar refractivity (Wildman–Crippen MR) is 130 cm³/mol. The number of anilines is 3. The Morgan fingerprint density at radius 3 is 2.52 bits per heavy atom. The summed E-state index contributed by atoms with van der Waals surface area (Å²) < 4.78 is 27.8. The van der Waals surface area contributed by atoms with Gasteiger partial charge >= 0.3 is 0 Å². The van der Waals surface area contributed by atoms with Crippen molar-refractivity contribution in [1.29, 1.82) is 5.26 Å². The maximum Gasteiger partial charge on any atom is 0.240 e. The number of rotatable bonds is 10. The SMILES string of the molecule is Cl.N#Cc1cnc(Nc2ccc(S(=O)(=O)NCCCN3CCCCC3)cc2)nc1NC1CC1. The number of hydrogen-bond acceptors (Lipinski definition) is 8. The normalized spacial score (nSPS) is 16.5. The molecule has 1 saturated heterocycles. The maximum absolute atomic E-state index is 12.6. The topological polar surface area (TPSA) is 123 Å². The Labute approximate surface area is 201 Å². The van der Waals surface area contributed by atoms with Gasteiger partial charge in [-0.05, 0) is 76.0 Å². The van der Waals surface area contributed by atoms with Crippen LogP contribution in [0.2, 0.25) is 0 Å². The summed E-state index contributed by atoms with van der Waals surface area (Å²) in [6.45, 7) is 3.58. The van der Waals surface area contributed by atoms with E-state index in [1.54, 1.807) is 24.3 Å². The van der Waals surface area contributed by atoms with Crippen LogP contribution < -0.4 is 15.4 Å². The summed E-state index contributed by atoms with van der Waals surface area (Å²) in [5, 5.41) is 15.5. The van der Waals surface area contributed by atoms with Crippen LogP contribution in [0.3, 0.4) is 0 Å². The molecule has 2 heterocycles. The van der Waals surface area contributed by atoms with E-state index >= 15 is 0 Å². The number of nitrogens with one attached hydrogen (secondary N) is 3. The van der Waals surface area contributed by atoms with Crippen molar-refractivity contribution in [2.75, 3.05) is 36.8 Å². The number of halogens is 1. The van der Waals surface area contributed by atoms with Gasteiger partial charge in [0.05, 0.1) is 11.1 Å². The highest BCUT2D eigenvalue weighted by molar-refractivity contribution is 7.89. The summed E-state index contributed by atoms with van der Waals surface area (Å²) in [4.78, 5) is 11.2. The van der Waals surface area contributed by atoms with Gasteiger partial charge in [0.1, 0.15) is 17.5 Å². The first kappa shape index (κ1) is 25.2. The van der Waals surface area contributed by atoms with Crippen LogP contribution in [0.4, 0.5) is 17.5 Å². The molecular weight excluding hydrogens is 462 g/mol. The lowest BCUT2D eigenvalue weighted by Gasteiger charge is -2.26. The molecule has 1 saturated carbocycles. The second-order valence-corrected chi connectivity index (χ2v) is 10.1. The second-order valence-electron chi connectivity index (χ2n) is 8.29. The Kier molecular flexibility index (Phi) is 8.86. The third-order valence-corrected chi connectivity index (χ3v) is 7.12. The number of likely N-dealkylation sites (tertiary alicyclic amines) is 1. The molecule has 178 valence electrons. The lowest BCUT2D eigenvalue weighted by Crippen LogP contribution is -2.33. The molecule has 2 aromatic rings. The first-order valence-corrected chi connectivity index (χ1v) is 12.6. The molecule has 0 amide bonds.